The molecule has 2 aromatic rings. The van der Waals surface area contributed by atoms with Crippen LogP contribution < -0.4 is 0 Å². The van der Waals surface area contributed by atoms with Crippen molar-refractivity contribution < 1.29 is 15.0 Å². The van der Waals surface area contributed by atoms with Gasteiger partial charge in [-0.2, -0.15) is 0 Å². The topological polar surface area (TPSA) is 57.5 Å². The molecular formula is C24H30O3. The number of unbranched alkanes of at least 4 members (excludes halogenated alkanes) is 2. The lowest BCUT2D eigenvalue weighted by Gasteiger charge is -2.29. The standard InChI is InChI=1S/C24H30O3/c1-2-3-4-5-17-6-8-18(9-7-17)19-10-12-20(13-11-19)22-16-21(24(26)27)14-15-23(22)25/h10-18,25H,2-9H2,1H3,(H,26,27)/t17-,18-. The van der Waals surface area contributed by atoms with E-state index in [9.17, 15) is 9.90 Å². The first-order chi connectivity index (χ1) is 13.1. The SMILES string of the molecule is CCCCC[C@H]1CC[C@H](c2ccc(-c3cc(C(=O)O)ccc3O)cc2)CC1. The van der Waals surface area contributed by atoms with E-state index < -0.39 is 5.97 Å². The third-order valence-electron chi connectivity index (χ3n) is 6.00. The van der Waals surface area contributed by atoms with Gasteiger partial charge >= 0.3 is 5.97 Å². The number of hydrogen-bond acceptors (Lipinski definition) is 2. The van der Waals surface area contributed by atoms with Crippen molar-refractivity contribution in [3.8, 4) is 16.9 Å². The fourth-order valence-electron chi connectivity index (χ4n) is 4.30. The fraction of sp³-hybridized carbons (Fsp3) is 0.458. The summed E-state index contributed by atoms with van der Waals surface area (Å²) in [5, 5.41) is 19.3. The lowest BCUT2D eigenvalue weighted by molar-refractivity contribution is 0.0697. The molecule has 3 heteroatoms. The van der Waals surface area contributed by atoms with Crippen LogP contribution in [0.5, 0.6) is 5.75 Å². The Morgan fingerprint density at radius 3 is 2.33 bits per heavy atom. The number of aromatic hydroxyl groups is 1. The van der Waals surface area contributed by atoms with E-state index >= 15 is 0 Å². The van der Waals surface area contributed by atoms with Gasteiger partial charge in [0.05, 0.1) is 5.56 Å². The molecule has 1 aliphatic carbocycles. The molecule has 0 aromatic heterocycles. The molecule has 0 bridgehead atoms. The molecule has 27 heavy (non-hydrogen) atoms. The van der Waals surface area contributed by atoms with Crippen LogP contribution in [-0.4, -0.2) is 16.2 Å². The number of carbonyl (C=O) groups is 1. The van der Waals surface area contributed by atoms with E-state index in [1.54, 1.807) is 0 Å². The maximum Gasteiger partial charge on any atom is 0.335 e. The van der Waals surface area contributed by atoms with Crippen LogP contribution >= 0.6 is 0 Å². The Bertz CT molecular complexity index is 756. The molecule has 0 saturated heterocycles. The summed E-state index contributed by atoms with van der Waals surface area (Å²) >= 11 is 0. The number of hydrogen-bond donors (Lipinski definition) is 2. The highest BCUT2D eigenvalue weighted by atomic mass is 16.4. The molecule has 1 aliphatic rings. The van der Waals surface area contributed by atoms with Crippen LogP contribution in [0.15, 0.2) is 42.5 Å². The zero-order valence-corrected chi connectivity index (χ0v) is 16.2. The summed E-state index contributed by atoms with van der Waals surface area (Å²) in [5.41, 5.74) is 2.97. The van der Waals surface area contributed by atoms with Gasteiger partial charge < -0.3 is 10.2 Å². The van der Waals surface area contributed by atoms with Gasteiger partial charge in [0.1, 0.15) is 5.75 Å². The van der Waals surface area contributed by atoms with Gasteiger partial charge in [0.2, 0.25) is 0 Å². The zero-order valence-electron chi connectivity index (χ0n) is 16.2. The first-order valence-electron chi connectivity index (χ1n) is 10.2. The normalized spacial score (nSPS) is 19.7. The van der Waals surface area contributed by atoms with E-state index in [0.29, 0.717) is 11.5 Å². The van der Waals surface area contributed by atoms with Gasteiger partial charge in [-0.15, -0.1) is 0 Å². The van der Waals surface area contributed by atoms with Crippen LogP contribution in [0.25, 0.3) is 11.1 Å². The maximum absolute atomic E-state index is 11.2. The predicted molar refractivity (Wildman–Crippen MR) is 109 cm³/mol. The van der Waals surface area contributed by atoms with E-state index in [-0.39, 0.29) is 11.3 Å². The smallest absolute Gasteiger partial charge is 0.335 e. The first kappa shape index (κ1) is 19.5. The molecule has 0 aliphatic heterocycles. The lowest BCUT2D eigenvalue weighted by Crippen LogP contribution is -2.13. The second kappa shape index (κ2) is 9.07. The average molecular weight is 367 g/mol. The number of aromatic carboxylic acids is 1. The minimum Gasteiger partial charge on any atom is -0.507 e. The third-order valence-corrected chi connectivity index (χ3v) is 6.00. The van der Waals surface area contributed by atoms with Crippen molar-refractivity contribution >= 4 is 5.97 Å². The van der Waals surface area contributed by atoms with Gasteiger partial charge in [-0.1, -0.05) is 56.9 Å². The Morgan fingerprint density at radius 1 is 1.00 bits per heavy atom. The average Bonchev–Trinajstić information content (AvgIpc) is 2.69. The second-order valence-corrected chi connectivity index (χ2v) is 7.87. The Morgan fingerprint density at radius 2 is 1.70 bits per heavy atom. The largest absolute Gasteiger partial charge is 0.507 e. The monoisotopic (exact) mass is 366 g/mol. The molecular weight excluding hydrogens is 336 g/mol. The van der Waals surface area contributed by atoms with Crippen LogP contribution in [0.1, 0.15) is 80.1 Å². The van der Waals surface area contributed by atoms with Crippen molar-refractivity contribution in [3.63, 3.8) is 0 Å². The van der Waals surface area contributed by atoms with Crippen LogP contribution in [-0.2, 0) is 0 Å². The van der Waals surface area contributed by atoms with Crippen molar-refractivity contribution in [1.29, 1.82) is 0 Å². The molecule has 144 valence electrons. The molecule has 1 saturated carbocycles. The molecule has 2 aromatic carbocycles. The summed E-state index contributed by atoms with van der Waals surface area (Å²) < 4.78 is 0. The minimum absolute atomic E-state index is 0.111. The lowest BCUT2D eigenvalue weighted by atomic mass is 9.77. The Hall–Kier alpha value is -2.29. The van der Waals surface area contributed by atoms with Crippen molar-refractivity contribution in [1.82, 2.24) is 0 Å². The number of carboxylic acids is 1. The summed E-state index contributed by atoms with van der Waals surface area (Å²) in [7, 11) is 0. The number of benzene rings is 2. The summed E-state index contributed by atoms with van der Waals surface area (Å²) in [4.78, 5) is 11.2. The van der Waals surface area contributed by atoms with Gasteiger partial charge in [-0.25, -0.2) is 4.79 Å². The molecule has 3 nitrogen and oxygen atoms in total. The highest BCUT2D eigenvalue weighted by Gasteiger charge is 2.22. The van der Waals surface area contributed by atoms with Gasteiger partial charge in [-0.05, 0) is 66.8 Å². The van der Waals surface area contributed by atoms with E-state index in [0.717, 1.165) is 11.5 Å². The summed E-state index contributed by atoms with van der Waals surface area (Å²) in [5.74, 6) is 0.659. The van der Waals surface area contributed by atoms with E-state index in [2.05, 4.69) is 19.1 Å². The van der Waals surface area contributed by atoms with Crippen LogP contribution in [0, 0.1) is 5.92 Å². The van der Waals surface area contributed by atoms with Crippen LogP contribution in [0.4, 0.5) is 0 Å². The van der Waals surface area contributed by atoms with Gasteiger partial charge in [-0.3, -0.25) is 0 Å². The summed E-state index contributed by atoms with van der Waals surface area (Å²) in [6, 6.07) is 12.7. The van der Waals surface area contributed by atoms with Crippen molar-refractivity contribution in [2.24, 2.45) is 5.92 Å². The highest BCUT2D eigenvalue weighted by Crippen LogP contribution is 2.39. The highest BCUT2D eigenvalue weighted by molar-refractivity contribution is 5.90. The number of phenolic OH excluding ortho intramolecular Hbond substituents is 1. The van der Waals surface area contributed by atoms with Gasteiger partial charge in [0, 0.05) is 5.56 Å². The first-order valence-corrected chi connectivity index (χ1v) is 10.2. The Labute approximate surface area is 162 Å². The fourth-order valence-corrected chi connectivity index (χ4v) is 4.30. The quantitative estimate of drug-likeness (QED) is 0.542. The molecule has 1 fully saturated rings. The summed E-state index contributed by atoms with van der Waals surface area (Å²) in [6.07, 6.45) is 10.6. The number of phenols is 1. The molecule has 0 radical (unpaired) electrons. The molecule has 2 N–H and O–H groups in total. The molecule has 0 spiro atoms. The zero-order chi connectivity index (χ0) is 19.2. The Balaban J connectivity index is 1.65. The molecule has 0 amide bonds. The van der Waals surface area contributed by atoms with E-state index in [1.165, 1.54) is 75.1 Å². The molecule has 0 heterocycles. The van der Waals surface area contributed by atoms with Crippen LogP contribution in [0.3, 0.4) is 0 Å². The van der Waals surface area contributed by atoms with E-state index in [1.807, 2.05) is 12.1 Å². The number of rotatable bonds is 7. The van der Waals surface area contributed by atoms with Crippen molar-refractivity contribution in [2.75, 3.05) is 0 Å². The predicted octanol–water partition coefficient (Wildman–Crippen LogP) is 6.61. The van der Waals surface area contributed by atoms with Gasteiger partial charge in [0.15, 0.2) is 0 Å². The van der Waals surface area contributed by atoms with Crippen LogP contribution in [0.2, 0.25) is 0 Å². The maximum atomic E-state index is 11.2. The molecule has 0 atom stereocenters. The Kier molecular flexibility index (Phi) is 6.54. The van der Waals surface area contributed by atoms with Crippen molar-refractivity contribution in [2.45, 2.75) is 64.2 Å². The van der Waals surface area contributed by atoms with Gasteiger partial charge in [0.25, 0.3) is 0 Å². The second-order valence-electron chi connectivity index (χ2n) is 7.87. The third kappa shape index (κ3) is 4.91. The minimum atomic E-state index is -0.983. The number of carboxylic acid groups (broad SMARTS) is 1. The molecule has 0 unspecified atom stereocenters. The van der Waals surface area contributed by atoms with E-state index in [4.69, 9.17) is 5.11 Å². The summed E-state index contributed by atoms with van der Waals surface area (Å²) in [6.45, 7) is 2.26. The van der Waals surface area contributed by atoms with Crippen molar-refractivity contribution in [3.05, 3.63) is 53.6 Å². The molecule has 3 rings (SSSR count).